The van der Waals surface area contributed by atoms with E-state index in [0.717, 1.165) is 11.1 Å². The van der Waals surface area contributed by atoms with Crippen LogP contribution in [0.3, 0.4) is 0 Å². The van der Waals surface area contributed by atoms with Crippen molar-refractivity contribution in [1.29, 1.82) is 0 Å². The zero-order chi connectivity index (χ0) is 23.2. The second-order valence-electron chi connectivity index (χ2n) is 9.58. The number of halogens is 1. The third-order valence-corrected chi connectivity index (χ3v) is 6.86. The number of hydrogen-bond acceptors (Lipinski definition) is 4. The van der Waals surface area contributed by atoms with Gasteiger partial charge in [0.2, 0.25) is 17.7 Å². The highest BCUT2D eigenvalue weighted by Crippen LogP contribution is 2.30. The normalized spacial score (nSPS) is 27.1. The monoisotopic (exact) mass is 443 g/mol. The fourth-order valence-corrected chi connectivity index (χ4v) is 5.03. The van der Waals surface area contributed by atoms with Crippen LogP contribution in [0.5, 0.6) is 0 Å². The molecule has 1 N–H and O–H groups in total. The largest absolute Gasteiger partial charge is 0.344 e. The molecule has 4 atom stereocenters. The second-order valence-corrected chi connectivity index (χ2v) is 9.58. The quantitative estimate of drug-likeness (QED) is 0.707. The van der Waals surface area contributed by atoms with Crippen LogP contribution in [0.2, 0.25) is 0 Å². The first kappa shape index (κ1) is 22.4. The van der Waals surface area contributed by atoms with Crippen molar-refractivity contribution in [2.75, 3.05) is 6.54 Å². The Balaban J connectivity index is 1.38. The molecule has 1 aromatic rings. The van der Waals surface area contributed by atoms with Crippen molar-refractivity contribution < 1.29 is 23.6 Å². The van der Waals surface area contributed by atoms with Crippen LogP contribution in [0, 0.1) is 11.8 Å². The van der Waals surface area contributed by atoms with E-state index in [1.54, 1.807) is 17.9 Å². The molecule has 0 radical (unpaired) electrons. The van der Waals surface area contributed by atoms with E-state index in [4.69, 9.17) is 0 Å². The number of likely N-dealkylation sites (tertiary alicyclic amines) is 1. The Kier molecular flexibility index (Phi) is 6.05. The smallest absolute Gasteiger partial charge is 0.245 e. The summed E-state index contributed by atoms with van der Waals surface area (Å²) in [5.41, 5.74) is 2.49. The van der Waals surface area contributed by atoms with E-state index in [-0.39, 0.29) is 54.9 Å². The molecule has 0 aromatic heterocycles. The average molecular weight is 444 g/mol. The second kappa shape index (κ2) is 8.64. The van der Waals surface area contributed by atoms with Crippen molar-refractivity contribution in [1.82, 2.24) is 15.1 Å². The fourth-order valence-electron chi connectivity index (χ4n) is 5.03. The van der Waals surface area contributed by atoms with Gasteiger partial charge in [-0.2, -0.15) is 0 Å². The van der Waals surface area contributed by atoms with E-state index in [2.05, 4.69) is 5.32 Å². The summed E-state index contributed by atoms with van der Waals surface area (Å²) >= 11 is 0. The van der Waals surface area contributed by atoms with E-state index in [0.29, 0.717) is 25.1 Å². The number of ketones is 1. The molecule has 172 valence electrons. The number of carbonyl (C=O) groups excluding carboxylic acids is 4. The molecule has 8 heteroatoms. The lowest BCUT2D eigenvalue weighted by atomic mass is 9.94. The van der Waals surface area contributed by atoms with E-state index < -0.39 is 18.1 Å². The zero-order valence-electron chi connectivity index (χ0n) is 18.8. The van der Waals surface area contributed by atoms with Crippen molar-refractivity contribution in [3.63, 3.8) is 0 Å². The van der Waals surface area contributed by atoms with Gasteiger partial charge in [-0.25, -0.2) is 4.39 Å². The predicted octanol–water partition coefficient (Wildman–Crippen LogP) is 2.22. The molecule has 0 spiro atoms. The van der Waals surface area contributed by atoms with Crippen LogP contribution >= 0.6 is 0 Å². The first-order valence-corrected chi connectivity index (χ1v) is 11.3. The van der Waals surface area contributed by atoms with Gasteiger partial charge in [-0.3, -0.25) is 19.2 Å². The van der Waals surface area contributed by atoms with Crippen LogP contribution < -0.4 is 5.32 Å². The summed E-state index contributed by atoms with van der Waals surface area (Å²) in [5.74, 6) is -1.42. The van der Waals surface area contributed by atoms with Crippen LogP contribution in [0.25, 0.3) is 0 Å². The van der Waals surface area contributed by atoms with Crippen LogP contribution in [-0.4, -0.2) is 58.1 Å². The Hall–Kier alpha value is -2.77. The number of nitrogens with zero attached hydrogens (tertiary/aromatic N) is 2. The molecular formula is C24H30FN3O4. The minimum absolute atomic E-state index is 0.0123. The molecule has 1 aromatic carbocycles. The molecule has 1 unspecified atom stereocenters. The summed E-state index contributed by atoms with van der Waals surface area (Å²) in [7, 11) is 0. The lowest BCUT2D eigenvalue weighted by Crippen LogP contribution is -2.46. The third-order valence-electron chi connectivity index (χ3n) is 6.86. The number of amides is 3. The van der Waals surface area contributed by atoms with Crippen LogP contribution in [0.15, 0.2) is 18.2 Å². The van der Waals surface area contributed by atoms with E-state index in [1.165, 1.54) is 4.90 Å². The highest BCUT2D eigenvalue weighted by atomic mass is 19.1. The first-order valence-electron chi connectivity index (χ1n) is 11.3. The summed E-state index contributed by atoms with van der Waals surface area (Å²) in [4.78, 5) is 53.9. The van der Waals surface area contributed by atoms with Gasteiger partial charge in [-0.05, 0) is 24.5 Å². The standard InChI is InChI=1S/C24H30FN3O4/c1-13(2)22(30)18-6-4-5-15-10-27(12-19(15)18)21(29)9-16-8-20(26-23(16)31)24(32)28-11-17(25)7-14(28)3/h4-6,13-14,16-17,20H,7-12H2,1-3H3,(H,26,31)/t14-,16+,17?,20+/m1/s1. The summed E-state index contributed by atoms with van der Waals surface area (Å²) < 4.78 is 13.7. The molecule has 3 aliphatic heterocycles. The molecule has 2 fully saturated rings. The summed E-state index contributed by atoms with van der Waals surface area (Å²) in [6.45, 7) is 6.33. The predicted molar refractivity (Wildman–Crippen MR) is 115 cm³/mol. The lowest BCUT2D eigenvalue weighted by molar-refractivity contribution is -0.135. The van der Waals surface area contributed by atoms with Gasteiger partial charge in [0.15, 0.2) is 5.78 Å². The molecule has 32 heavy (non-hydrogen) atoms. The maximum atomic E-state index is 13.7. The number of fused-ring (bicyclic) bond motifs is 1. The Labute approximate surface area is 187 Å². The fraction of sp³-hybridized carbons (Fsp3) is 0.583. The van der Waals surface area contributed by atoms with Gasteiger partial charge in [0, 0.05) is 49.4 Å². The van der Waals surface area contributed by atoms with E-state index >= 15 is 0 Å². The first-order chi connectivity index (χ1) is 15.2. The third kappa shape index (κ3) is 4.14. The van der Waals surface area contributed by atoms with Gasteiger partial charge in [-0.15, -0.1) is 0 Å². The van der Waals surface area contributed by atoms with E-state index in [9.17, 15) is 23.6 Å². The topological polar surface area (TPSA) is 86.8 Å². The van der Waals surface area contributed by atoms with Crippen molar-refractivity contribution in [3.8, 4) is 0 Å². The number of alkyl halides is 1. The molecule has 3 amide bonds. The average Bonchev–Trinajstić information content (AvgIpc) is 3.43. The maximum absolute atomic E-state index is 13.7. The lowest BCUT2D eigenvalue weighted by Gasteiger charge is -2.24. The molecule has 3 heterocycles. The van der Waals surface area contributed by atoms with Gasteiger partial charge >= 0.3 is 0 Å². The molecule has 0 bridgehead atoms. The minimum Gasteiger partial charge on any atom is -0.344 e. The zero-order valence-corrected chi connectivity index (χ0v) is 18.8. The molecule has 2 saturated heterocycles. The van der Waals surface area contributed by atoms with Gasteiger partial charge in [0.25, 0.3) is 0 Å². The van der Waals surface area contributed by atoms with Gasteiger partial charge in [0.05, 0.1) is 6.54 Å². The minimum atomic E-state index is -1.03. The highest BCUT2D eigenvalue weighted by Gasteiger charge is 2.43. The molecule has 0 aliphatic carbocycles. The number of rotatable bonds is 5. The number of benzene rings is 1. The summed E-state index contributed by atoms with van der Waals surface area (Å²) in [6, 6.07) is 4.66. The van der Waals surface area contributed by atoms with Crippen molar-refractivity contribution >= 4 is 23.5 Å². The number of nitrogens with one attached hydrogen (secondary N) is 1. The highest BCUT2D eigenvalue weighted by molar-refractivity contribution is 5.99. The number of carbonyl (C=O) groups is 4. The Morgan fingerprint density at radius 2 is 1.94 bits per heavy atom. The van der Waals surface area contributed by atoms with Gasteiger partial charge in [-0.1, -0.05) is 32.0 Å². The molecule has 0 saturated carbocycles. The maximum Gasteiger partial charge on any atom is 0.245 e. The summed E-state index contributed by atoms with van der Waals surface area (Å²) in [6.07, 6.45) is -0.474. The Bertz CT molecular complexity index is 963. The van der Waals surface area contributed by atoms with Gasteiger partial charge < -0.3 is 15.1 Å². The molecular weight excluding hydrogens is 413 g/mol. The van der Waals surface area contributed by atoms with Gasteiger partial charge in [0.1, 0.15) is 12.2 Å². The van der Waals surface area contributed by atoms with Crippen LogP contribution in [0.4, 0.5) is 4.39 Å². The van der Waals surface area contributed by atoms with Crippen molar-refractivity contribution in [3.05, 3.63) is 34.9 Å². The van der Waals surface area contributed by atoms with Crippen LogP contribution in [-0.2, 0) is 27.5 Å². The van der Waals surface area contributed by atoms with Crippen molar-refractivity contribution in [2.45, 2.75) is 71.4 Å². The molecule has 7 nitrogen and oxygen atoms in total. The molecule has 3 aliphatic rings. The van der Waals surface area contributed by atoms with Crippen molar-refractivity contribution in [2.24, 2.45) is 11.8 Å². The van der Waals surface area contributed by atoms with E-state index in [1.807, 2.05) is 26.0 Å². The molecule has 4 rings (SSSR count). The Morgan fingerprint density at radius 3 is 2.59 bits per heavy atom. The number of hydrogen-bond donors (Lipinski definition) is 1. The summed E-state index contributed by atoms with van der Waals surface area (Å²) in [5, 5.41) is 2.70. The van der Waals surface area contributed by atoms with Crippen LogP contribution in [0.1, 0.15) is 61.5 Å². The Morgan fingerprint density at radius 1 is 1.19 bits per heavy atom. The SMILES string of the molecule is CC(C)C(=O)c1cccc2c1CN(C(=O)C[C@@H]1C[C@@H](C(=O)N3CC(F)C[C@H]3C)NC1=O)C2. The number of Topliss-reactive ketones (excluding diaryl/α,β-unsaturated/α-hetero) is 1.